The van der Waals surface area contributed by atoms with Gasteiger partial charge in [-0.15, -0.1) is 0 Å². The zero-order valence-electron chi connectivity index (χ0n) is 39.8. The van der Waals surface area contributed by atoms with Crippen LogP contribution in [-0.4, -0.2) is 54.3 Å². The Kier molecular flexibility index (Phi) is 14.3. The lowest BCUT2D eigenvalue weighted by Gasteiger charge is -2.31. The molecule has 0 aliphatic rings. The number of rotatable bonds is 18. The normalized spacial score (nSPS) is 12.9. The van der Waals surface area contributed by atoms with E-state index in [2.05, 4.69) is 53.5 Å². The van der Waals surface area contributed by atoms with Crippen molar-refractivity contribution in [3.63, 3.8) is 0 Å². The molecule has 350 valence electrons. The van der Waals surface area contributed by atoms with Gasteiger partial charge in [-0.1, -0.05) is 79.5 Å². The average molecular weight is 901 g/mol. The Hall–Kier alpha value is -6.70. The zero-order chi connectivity index (χ0) is 48.5. The highest BCUT2D eigenvalue weighted by Gasteiger charge is 2.34. The molecule has 0 saturated carbocycles. The first-order valence-electron chi connectivity index (χ1n) is 22.9. The third-order valence-electron chi connectivity index (χ3n) is 12.7. The molecule has 0 saturated heterocycles. The quantitative estimate of drug-likeness (QED) is 0.0470. The maximum Gasteiger partial charge on any atom is 0.339 e. The number of aromatic carboxylic acids is 3. The van der Waals surface area contributed by atoms with E-state index in [-0.39, 0.29) is 68.3 Å². The Morgan fingerprint density at radius 3 is 1.53 bits per heavy atom. The smallest absolute Gasteiger partial charge is 0.339 e. The molecule has 14 heteroatoms. The number of nitrogens with zero attached hydrogens (tertiary/aromatic N) is 3. The van der Waals surface area contributed by atoms with Crippen LogP contribution in [0.15, 0.2) is 42.5 Å². The summed E-state index contributed by atoms with van der Waals surface area (Å²) in [5, 5.41) is 32.3. The maximum absolute atomic E-state index is 12.9. The van der Waals surface area contributed by atoms with Gasteiger partial charge in [0.15, 0.2) is 0 Å². The number of aromatic nitrogens is 3. The van der Waals surface area contributed by atoms with E-state index in [1.54, 1.807) is 32.9 Å². The van der Waals surface area contributed by atoms with Crippen molar-refractivity contribution in [2.24, 2.45) is 11.3 Å². The predicted octanol–water partition coefficient (Wildman–Crippen LogP) is 11.6. The zero-order valence-corrected chi connectivity index (χ0v) is 39.8. The highest BCUT2D eigenvalue weighted by Crippen LogP contribution is 2.48. The van der Waals surface area contributed by atoms with E-state index in [0.29, 0.717) is 74.5 Å². The van der Waals surface area contributed by atoms with Crippen molar-refractivity contribution >= 4 is 67.7 Å². The first-order chi connectivity index (χ1) is 31.2. The van der Waals surface area contributed by atoms with E-state index in [1.807, 2.05) is 30.3 Å². The maximum atomic E-state index is 12.9. The molecule has 0 bridgehead atoms. The summed E-state index contributed by atoms with van der Waals surface area (Å²) >= 11 is 0. The topological polar surface area (TPSA) is 247 Å². The second kappa shape index (κ2) is 19.4. The molecule has 66 heavy (non-hydrogen) atoms. The molecule has 14 nitrogen and oxygen atoms in total. The molecule has 9 N–H and O–H groups in total. The van der Waals surface area contributed by atoms with Crippen LogP contribution in [0.3, 0.4) is 0 Å². The summed E-state index contributed by atoms with van der Waals surface area (Å²) in [4.78, 5) is 52.7. The fourth-order valence-electron chi connectivity index (χ4n) is 9.69. The average Bonchev–Trinajstić information content (AvgIpc) is 3.22. The number of benzene rings is 3. The van der Waals surface area contributed by atoms with E-state index in [0.717, 1.165) is 31.2 Å². The van der Waals surface area contributed by atoms with Gasteiger partial charge in [-0.3, -0.25) is 15.0 Å². The summed E-state index contributed by atoms with van der Waals surface area (Å²) in [5.74, 6) is -3.52. The second-order valence-electron chi connectivity index (χ2n) is 18.6. The summed E-state index contributed by atoms with van der Waals surface area (Å²) < 4.78 is 13.9. The minimum Gasteiger partial charge on any atom is -0.490 e. The Balaban J connectivity index is 1.67. The number of nitrogens with two attached hydrogens (primary N) is 3. The van der Waals surface area contributed by atoms with Crippen molar-refractivity contribution in [3.05, 3.63) is 92.9 Å². The fourth-order valence-corrected chi connectivity index (χ4v) is 9.69. The van der Waals surface area contributed by atoms with Crippen LogP contribution >= 0.6 is 0 Å². The Morgan fingerprint density at radius 1 is 0.606 bits per heavy atom. The first kappa shape index (κ1) is 48.7. The number of carboxylic acid groups (broad SMARTS) is 3. The number of hydrogen-bond donors (Lipinski definition) is 6. The van der Waals surface area contributed by atoms with Crippen molar-refractivity contribution in [1.82, 2.24) is 15.0 Å². The number of ether oxygens (including phenoxy) is 2. The van der Waals surface area contributed by atoms with Crippen LogP contribution in [0.5, 0.6) is 11.5 Å². The molecule has 0 aliphatic carbocycles. The molecule has 0 radical (unpaired) electrons. The van der Waals surface area contributed by atoms with E-state index in [1.165, 1.54) is 0 Å². The monoisotopic (exact) mass is 900 g/mol. The van der Waals surface area contributed by atoms with E-state index >= 15 is 0 Å². The van der Waals surface area contributed by atoms with Crippen LogP contribution in [-0.2, 0) is 0 Å². The Labute approximate surface area is 385 Å². The Morgan fingerprint density at radius 2 is 1.06 bits per heavy atom. The Bertz CT molecular complexity index is 2860. The van der Waals surface area contributed by atoms with Gasteiger partial charge in [0.25, 0.3) is 0 Å². The summed E-state index contributed by atoms with van der Waals surface area (Å²) in [7, 11) is 0. The number of hydrogen-bond acceptors (Lipinski definition) is 11. The van der Waals surface area contributed by atoms with E-state index < -0.39 is 29.9 Å². The summed E-state index contributed by atoms with van der Waals surface area (Å²) in [6.07, 6.45) is 4.39. The van der Waals surface area contributed by atoms with Crippen LogP contribution in [0.2, 0.25) is 0 Å². The van der Waals surface area contributed by atoms with Crippen LogP contribution in [0.4, 0.5) is 17.1 Å². The van der Waals surface area contributed by atoms with Gasteiger partial charge in [-0.2, -0.15) is 0 Å². The molecule has 0 fully saturated rings. The molecule has 6 rings (SSSR count). The SMILES string of the molecule is CCCC(CCC)Oc1ccc(C(Oc2ccc(C(CC(C)(C)C)c3cccc4nc(C)c(C(=O)O)c(N)c34)c3nc(C)c(C(=O)O)c(N)c23)C(CC)CC)c2nc(C)c(C(=O)O)c(N)c12. The third kappa shape index (κ3) is 9.23. The van der Waals surface area contributed by atoms with Gasteiger partial charge in [0.05, 0.1) is 67.6 Å². The van der Waals surface area contributed by atoms with Crippen molar-refractivity contribution in [3.8, 4) is 11.5 Å². The molecule has 0 amide bonds. The van der Waals surface area contributed by atoms with Gasteiger partial charge in [0.1, 0.15) is 34.3 Å². The summed E-state index contributed by atoms with van der Waals surface area (Å²) in [6, 6.07) is 13.0. The van der Waals surface area contributed by atoms with E-state index in [9.17, 15) is 29.7 Å². The van der Waals surface area contributed by atoms with E-state index in [4.69, 9.17) is 36.6 Å². The molecular weight excluding hydrogens is 837 g/mol. The minimum absolute atomic E-state index is 0.0293. The predicted molar refractivity (Wildman–Crippen MR) is 261 cm³/mol. The van der Waals surface area contributed by atoms with Gasteiger partial charge in [-0.25, -0.2) is 14.4 Å². The van der Waals surface area contributed by atoms with Crippen molar-refractivity contribution < 1.29 is 39.2 Å². The standard InChI is InChI=1S/C52H64N6O8/c1-11-16-29(17-12-2)65-35-23-21-32(47-41(35)44(54)39(51(63)64)27(7)58-47)48(28(13-3)14-4)66-36-22-20-31(46-42(36)45(55)38(50(61)62)26(6)57-46)33(24-52(8,9)10)30-18-15-19-34-40(30)43(53)37(49(59)60)25(5)56-34/h15,18-23,28-29,33,48H,11-14,16-17,24H2,1-10H3,(H2,53,56)(H2,54,58)(H2,55,57)(H,59,60)(H,61,62)(H,63,64). The van der Waals surface area contributed by atoms with Gasteiger partial charge in [0.2, 0.25) is 0 Å². The highest BCUT2D eigenvalue weighted by atomic mass is 16.5. The lowest BCUT2D eigenvalue weighted by molar-refractivity contribution is 0.0686. The lowest BCUT2D eigenvalue weighted by Crippen LogP contribution is -2.21. The molecule has 3 aromatic heterocycles. The number of nitrogen functional groups attached to an aromatic ring is 3. The number of fused-ring (bicyclic) bond motifs is 3. The molecule has 6 aromatic rings. The molecule has 0 aliphatic heterocycles. The van der Waals surface area contributed by atoms with Crippen LogP contribution in [0.25, 0.3) is 32.7 Å². The third-order valence-corrected chi connectivity index (χ3v) is 12.7. The van der Waals surface area contributed by atoms with Crippen molar-refractivity contribution in [2.45, 2.75) is 132 Å². The van der Waals surface area contributed by atoms with Crippen LogP contribution in [0, 0.1) is 32.1 Å². The summed E-state index contributed by atoms with van der Waals surface area (Å²) in [6.45, 7) is 19.4. The minimum atomic E-state index is -1.25. The first-order valence-corrected chi connectivity index (χ1v) is 22.9. The van der Waals surface area contributed by atoms with Gasteiger partial charge >= 0.3 is 17.9 Å². The highest BCUT2D eigenvalue weighted by molar-refractivity contribution is 6.10. The van der Waals surface area contributed by atoms with Crippen LogP contribution < -0.4 is 26.7 Å². The summed E-state index contributed by atoms with van der Waals surface area (Å²) in [5.41, 5.74) is 24.2. The van der Waals surface area contributed by atoms with Crippen LogP contribution in [0.1, 0.15) is 170 Å². The second-order valence-corrected chi connectivity index (χ2v) is 18.6. The van der Waals surface area contributed by atoms with Crippen molar-refractivity contribution in [1.29, 1.82) is 0 Å². The number of anilines is 3. The molecular formula is C52H64N6O8. The largest absolute Gasteiger partial charge is 0.490 e. The van der Waals surface area contributed by atoms with Gasteiger partial charge < -0.3 is 42.0 Å². The number of pyridine rings is 3. The molecule has 0 spiro atoms. The van der Waals surface area contributed by atoms with Gasteiger partial charge in [0, 0.05) is 16.9 Å². The fraction of sp³-hybridized carbons (Fsp3) is 0.423. The molecule has 3 heterocycles. The van der Waals surface area contributed by atoms with Crippen molar-refractivity contribution in [2.75, 3.05) is 17.2 Å². The number of carbonyl (C=O) groups is 3. The van der Waals surface area contributed by atoms with Gasteiger partial charge in [-0.05, 0) is 99.6 Å². The number of aryl methyl sites for hydroxylation is 3. The molecule has 2 atom stereocenters. The molecule has 3 aromatic carbocycles. The lowest BCUT2D eigenvalue weighted by atomic mass is 9.76. The molecule has 2 unspecified atom stereocenters. The number of carboxylic acids is 3.